The standard InChI is InChI=1S/C24H23FN4O/c1-28-14-18(12-26-28)17-10-8-16(9-11-17)13-29-15-20(24(30)27-19-4-2-5-19)23-21(25)6-3-7-22(23)29/h3,6-12,14-15,19H,2,4-5,13H2,1H3,(H,27,30). The monoisotopic (exact) mass is 402 g/mol. The van der Waals surface area contributed by atoms with Crippen molar-refractivity contribution in [3.05, 3.63) is 78.0 Å². The molecule has 1 N–H and O–H groups in total. The lowest BCUT2D eigenvalue weighted by atomic mass is 9.93. The fraction of sp³-hybridized carbons (Fsp3) is 0.250. The first-order chi connectivity index (χ1) is 14.6. The number of nitrogens with one attached hydrogen (secondary N) is 1. The molecule has 2 heterocycles. The summed E-state index contributed by atoms with van der Waals surface area (Å²) in [5, 5.41) is 7.63. The normalized spacial score (nSPS) is 14.1. The maximum Gasteiger partial charge on any atom is 0.253 e. The number of aryl methyl sites for hydroxylation is 1. The van der Waals surface area contributed by atoms with Gasteiger partial charge >= 0.3 is 0 Å². The average Bonchev–Trinajstić information content (AvgIpc) is 3.30. The molecule has 5 nitrogen and oxygen atoms in total. The molecule has 0 spiro atoms. The van der Waals surface area contributed by atoms with Crippen molar-refractivity contribution in [2.24, 2.45) is 7.05 Å². The molecule has 2 aromatic carbocycles. The number of nitrogens with zero attached hydrogens (tertiary/aromatic N) is 3. The van der Waals surface area contributed by atoms with Gasteiger partial charge in [0.2, 0.25) is 0 Å². The lowest BCUT2D eigenvalue weighted by Crippen LogP contribution is -2.39. The molecular weight excluding hydrogens is 379 g/mol. The largest absolute Gasteiger partial charge is 0.349 e. The molecule has 1 aliphatic rings. The summed E-state index contributed by atoms with van der Waals surface area (Å²) in [6, 6.07) is 13.4. The molecule has 5 rings (SSSR count). The van der Waals surface area contributed by atoms with Gasteiger partial charge in [-0.05, 0) is 42.5 Å². The Morgan fingerprint density at radius 1 is 1.13 bits per heavy atom. The summed E-state index contributed by atoms with van der Waals surface area (Å²) in [6.07, 6.45) is 8.72. The first kappa shape index (κ1) is 18.6. The number of rotatable bonds is 5. The summed E-state index contributed by atoms with van der Waals surface area (Å²) < 4.78 is 18.4. The second-order valence-corrected chi connectivity index (χ2v) is 8.01. The van der Waals surface area contributed by atoms with E-state index in [0.29, 0.717) is 17.5 Å². The topological polar surface area (TPSA) is 51.9 Å². The van der Waals surface area contributed by atoms with E-state index in [2.05, 4.69) is 34.7 Å². The maximum atomic E-state index is 14.6. The minimum absolute atomic E-state index is 0.194. The fourth-order valence-corrected chi connectivity index (χ4v) is 4.00. The number of aromatic nitrogens is 3. The summed E-state index contributed by atoms with van der Waals surface area (Å²) in [6.45, 7) is 0.560. The Labute approximate surface area is 174 Å². The second kappa shape index (κ2) is 7.44. The zero-order valence-corrected chi connectivity index (χ0v) is 16.8. The van der Waals surface area contributed by atoms with Crippen LogP contribution in [-0.2, 0) is 13.6 Å². The molecular formula is C24H23FN4O. The van der Waals surface area contributed by atoms with Crippen LogP contribution >= 0.6 is 0 Å². The molecule has 0 aliphatic heterocycles. The molecule has 152 valence electrons. The van der Waals surface area contributed by atoms with Crippen molar-refractivity contribution >= 4 is 16.8 Å². The Bertz CT molecular complexity index is 1220. The van der Waals surface area contributed by atoms with Crippen molar-refractivity contribution in [2.75, 3.05) is 0 Å². The van der Waals surface area contributed by atoms with Crippen LogP contribution in [0.4, 0.5) is 4.39 Å². The quantitative estimate of drug-likeness (QED) is 0.534. The summed E-state index contributed by atoms with van der Waals surface area (Å²) in [5.41, 5.74) is 4.37. The first-order valence-electron chi connectivity index (χ1n) is 10.2. The summed E-state index contributed by atoms with van der Waals surface area (Å²) in [4.78, 5) is 12.8. The van der Waals surface area contributed by atoms with Gasteiger partial charge in [0.05, 0.1) is 17.3 Å². The predicted molar refractivity (Wildman–Crippen MR) is 115 cm³/mol. The number of carbonyl (C=O) groups excluding carboxylic acids is 1. The number of carbonyl (C=O) groups is 1. The van der Waals surface area contributed by atoms with Crippen LogP contribution in [0.15, 0.2) is 61.1 Å². The van der Waals surface area contributed by atoms with Gasteiger partial charge in [0, 0.05) is 43.0 Å². The average molecular weight is 402 g/mol. The maximum absolute atomic E-state index is 14.6. The molecule has 1 fully saturated rings. The number of fused-ring (bicyclic) bond motifs is 1. The highest BCUT2D eigenvalue weighted by molar-refractivity contribution is 6.07. The second-order valence-electron chi connectivity index (χ2n) is 8.01. The van der Waals surface area contributed by atoms with Crippen LogP contribution in [0.5, 0.6) is 0 Å². The first-order valence-corrected chi connectivity index (χ1v) is 10.2. The molecule has 0 atom stereocenters. The molecule has 0 radical (unpaired) electrons. The van der Waals surface area contributed by atoms with Gasteiger partial charge in [-0.25, -0.2) is 4.39 Å². The molecule has 6 heteroatoms. The van der Waals surface area contributed by atoms with E-state index in [1.54, 1.807) is 16.9 Å². The Balaban J connectivity index is 1.45. The van der Waals surface area contributed by atoms with Crippen LogP contribution in [0.25, 0.3) is 22.0 Å². The minimum atomic E-state index is -0.364. The third-order valence-corrected chi connectivity index (χ3v) is 5.89. The number of hydrogen-bond acceptors (Lipinski definition) is 2. The van der Waals surface area contributed by atoms with Crippen molar-refractivity contribution in [3.8, 4) is 11.1 Å². The lowest BCUT2D eigenvalue weighted by molar-refractivity contribution is 0.0918. The van der Waals surface area contributed by atoms with Crippen molar-refractivity contribution in [2.45, 2.75) is 31.8 Å². The summed E-state index contributed by atoms with van der Waals surface area (Å²) in [7, 11) is 1.90. The molecule has 0 saturated heterocycles. The zero-order valence-electron chi connectivity index (χ0n) is 16.8. The molecule has 1 amide bonds. The summed E-state index contributed by atoms with van der Waals surface area (Å²) >= 11 is 0. The van der Waals surface area contributed by atoms with Crippen LogP contribution < -0.4 is 5.32 Å². The zero-order chi connectivity index (χ0) is 20.7. The van der Waals surface area contributed by atoms with E-state index in [-0.39, 0.29) is 17.8 Å². The summed E-state index contributed by atoms with van der Waals surface area (Å²) in [5.74, 6) is -0.558. The molecule has 30 heavy (non-hydrogen) atoms. The molecule has 1 saturated carbocycles. The van der Waals surface area contributed by atoms with Gasteiger partial charge < -0.3 is 9.88 Å². The van der Waals surface area contributed by atoms with Crippen molar-refractivity contribution in [1.82, 2.24) is 19.7 Å². The molecule has 1 aliphatic carbocycles. The lowest BCUT2D eigenvalue weighted by Gasteiger charge is -2.26. The SMILES string of the molecule is Cn1cc(-c2ccc(Cn3cc(C(=O)NC4CCC4)c4c(F)cccc43)cc2)cn1. The van der Waals surface area contributed by atoms with Gasteiger partial charge in [0.1, 0.15) is 5.82 Å². The van der Waals surface area contributed by atoms with Gasteiger partial charge in [-0.3, -0.25) is 9.48 Å². The van der Waals surface area contributed by atoms with Crippen LogP contribution in [0.1, 0.15) is 35.2 Å². The van der Waals surface area contributed by atoms with Crippen LogP contribution in [0.3, 0.4) is 0 Å². The number of benzene rings is 2. The van der Waals surface area contributed by atoms with E-state index in [4.69, 9.17) is 0 Å². The Morgan fingerprint density at radius 2 is 1.93 bits per heavy atom. The third-order valence-electron chi connectivity index (χ3n) is 5.89. The molecule has 0 unspecified atom stereocenters. The number of halogens is 1. The number of amides is 1. The van der Waals surface area contributed by atoms with Crippen molar-refractivity contribution < 1.29 is 9.18 Å². The highest BCUT2D eigenvalue weighted by atomic mass is 19.1. The van der Waals surface area contributed by atoms with Crippen LogP contribution in [0.2, 0.25) is 0 Å². The van der Waals surface area contributed by atoms with E-state index in [0.717, 1.165) is 41.5 Å². The van der Waals surface area contributed by atoms with Gasteiger partial charge in [-0.2, -0.15) is 5.10 Å². The Morgan fingerprint density at radius 3 is 2.60 bits per heavy atom. The van der Waals surface area contributed by atoms with Gasteiger partial charge in [0.25, 0.3) is 5.91 Å². The van der Waals surface area contributed by atoms with Crippen LogP contribution in [0, 0.1) is 5.82 Å². The minimum Gasteiger partial charge on any atom is -0.349 e. The Hall–Kier alpha value is -3.41. The third kappa shape index (κ3) is 3.38. The van der Waals surface area contributed by atoms with Gasteiger partial charge in [-0.1, -0.05) is 30.3 Å². The van der Waals surface area contributed by atoms with E-state index in [9.17, 15) is 9.18 Å². The molecule has 4 aromatic rings. The van der Waals surface area contributed by atoms with Gasteiger partial charge in [0.15, 0.2) is 0 Å². The van der Waals surface area contributed by atoms with E-state index in [1.807, 2.05) is 30.1 Å². The fourth-order valence-electron chi connectivity index (χ4n) is 4.00. The molecule has 2 aromatic heterocycles. The smallest absolute Gasteiger partial charge is 0.253 e. The van der Waals surface area contributed by atoms with Crippen molar-refractivity contribution in [3.63, 3.8) is 0 Å². The van der Waals surface area contributed by atoms with Crippen molar-refractivity contribution in [1.29, 1.82) is 0 Å². The molecule has 0 bridgehead atoms. The van der Waals surface area contributed by atoms with Gasteiger partial charge in [-0.15, -0.1) is 0 Å². The predicted octanol–water partition coefficient (Wildman–Crippen LogP) is 4.51. The highest BCUT2D eigenvalue weighted by Crippen LogP contribution is 2.27. The Kier molecular flexibility index (Phi) is 4.62. The van der Waals surface area contributed by atoms with E-state index < -0.39 is 0 Å². The van der Waals surface area contributed by atoms with E-state index in [1.165, 1.54) is 6.07 Å². The van der Waals surface area contributed by atoms with Crippen LogP contribution in [-0.4, -0.2) is 26.3 Å². The number of hydrogen-bond donors (Lipinski definition) is 1. The van der Waals surface area contributed by atoms with E-state index >= 15 is 0 Å². The highest BCUT2D eigenvalue weighted by Gasteiger charge is 2.23.